The Balaban J connectivity index is 2.61. The first-order valence-electron chi connectivity index (χ1n) is 4.79. The van der Waals surface area contributed by atoms with Gasteiger partial charge in [0.1, 0.15) is 0 Å². The van der Waals surface area contributed by atoms with Crippen LogP contribution in [0.3, 0.4) is 0 Å². The Bertz CT molecular complexity index is 184. The minimum absolute atomic E-state index is 0.190. The lowest BCUT2D eigenvalue weighted by molar-refractivity contribution is 0.0135. The van der Waals surface area contributed by atoms with Crippen LogP contribution in [-0.2, 0) is 0 Å². The Morgan fingerprint density at radius 2 is 2.00 bits per heavy atom. The molecule has 0 aromatic carbocycles. The van der Waals surface area contributed by atoms with E-state index in [4.69, 9.17) is 0 Å². The molecule has 0 heterocycles. The fourth-order valence-corrected chi connectivity index (χ4v) is 2.96. The maximum atomic E-state index is 9.96. The highest BCUT2D eigenvalue weighted by atomic mass is 79.9. The second-order valence-corrected chi connectivity index (χ2v) is 8.01. The number of aliphatic hydroxyl groups is 1. The predicted octanol–water partition coefficient (Wildman–Crippen LogP) is 3.47. The van der Waals surface area contributed by atoms with Crippen molar-refractivity contribution in [2.24, 2.45) is 5.92 Å². The summed E-state index contributed by atoms with van der Waals surface area (Å²) in [6.45, 7) is 6.33. The van der Waals surface area contributed by atoms with Gasteiger partial charge >= 0.3 is 0 Å². The molecule has 1 N–H and O–H groups in total. The Kier molecular flexibility index (Phi) is 3.52. The highest BCUT2D eigenvalue weighted by Gasteiger charge is 2.41. The average Bonchev–Trinajstić information content (AvgIpc) is 1.92. The lowest BCUT2D eigenvalue weighted by atomic mass is 9.75. The zero-order chi connectivity index (χ0) is 10.3. The third kappa shape index (κ3) is 2.93. The zero-order valence-electron chi connectivity index (χ0n) is 8.48. The van der Waals surface area contributed by atoms with Gasteiger partial charge in [-0.05, 0) is 46.0 Å². The van der Waals surface area contributed by atoms with Crippen molar-refractivity contribution in [2.75, 3.05) is 0 Å². The summed E-state index contributed by atoms with van der Waals surface area (Å²) in [5.41, 5.74) is -0.519. The van der Waals surface area contributed by atoms with E-state index in [9.17, 15) is 5.11 Å². The molecule has 1 aliphatic rings. The van der Waals surface area contributed by atoms with Gasteiger partial charge in [0.25, 0.3) is 0 Å². The lowest BCUT2D eigenvalue weighted by Gasteiger charge is -2.42. The highest BCUT2D eigenvalue weighted by Crippen LogP contribution is 2.43. The monoisotopic (exact) mass is 312 g/mol. The predicted molar refractivity (Wildman–Crippen MR) is 63.7 cm³/mol. The van der Waals surface area contributed by atoms with Crippen LogP contribution in [0.15, 0.2) is 0 Å². The van der Waals surface area contributed by atoms with Gasteiger partial charge in [0.2, 0.25) is 0 Å². The van der Waals surface area contributed by atoms with E-state index in [0.29, 0.717) is 5.92 Å². The van der Waals surface area contributed by atoms with Gasteiger partial charge < -0.3 is 5.11 Å². The quantitative estimate of drug-likeness (QED) is 0.735. The van der Waals surface area contributed by atoms with Crippen molar-refractivity contribution in [3.63, 3.8) is 0 Å². The number of alkyl halides is 2. The molecular weight excluding hydrogens is 296 g/mol. The molecule has 13 heavy (non-hydrogen) atoms. The SMILES string of the molecule is CC(C)(Br)C1CCC(C)(O)C(Br)C1. The van der Waals surface area contributed by atoms with Crippen LogP contribution in [0.4, 0.5) is 0 Å². The molecule has 1 aliphatic carbocycles. The summed E-state index contributed by atoms with van der Waals surface area (Å²) in [7, 11) is 0. The first kappa shape index (κ1) is 12.0. The molecule has 78 valence electrons. The second-order valence-electron chi connectivity index (χ2n) is 4.86. The fourth-order valence-electron chi connectivity index (χ4n) is 1.87. The third-order valence-electron chi connectivity index (χ3n) is 3.14. The molecule has 1 rings (SSSR count). The Labute approximate surface area is 97.5 Å². The van der Waals surface area contributed by atoms with E-state index in [0.717, 1.165) is 19.3 Å². The van der Waals surface area contributed by atoms with E-state index >= 15 is 0 Å². The van der Waals surface area contributed by atoms with E-state index in [-0.39, 0.29) is 9.15 Å². The minimum Gasteiger partial charge on any atom is -0.389 e. The molecule has 1 saturated carbocycles. The highest BCUT2D eigenvalue weighted by molar-refractivity contribution is 9.10. The van der Waals surface area contributed by atoms with Crippen LogP contribution >= 0.6 is 31.9 Å². The summed E-state index contributed by atoms with van der Waals surface area (Å²) >= 11 is 7.27. The standard InChI is InChI=1S/C10H18Br2O/c1-9(2,12)7-4-5-10(3,13)8(11)6-7/h7-8,13H,4-6H2,1-3H3. The summed E-state index contributed by atoms with van der Waals surface area (Å²) in [5, 5.41) is 9.96. The normalized spacial score (nSPS) is 42.0. The summed E-state index contributed by atoms with van der Waals surface area (Å²) in [5.74, 6) is 0.650. The van der Waals surface area contributed by atoms with Gasteiger partial charge in [-0.3, -0.25) is 0 Å². The van der Waals surface area contributed by atoms with Gasteiger partial charge in [-0.15, -0.1) is 0 Å². The van der Waals surface area contributed by atoms with Gasteiger partial charge in [-0.25, -0.2) is 0 Å². The molecule has 3 unspecified atom stereocenters. The van der Waals surface area contributed by atoms with Gasteiger partial charge in [-0.2, -0.15) is 0 Å². The maximum Gasteiger partial charge on any atom is 0.0744 e. The van der Waals surface area contributed by atoms with Crippen LogP contribution in [0.5, 0.6) is 0 Å². The van der Waals surface area contributed by atoms with Crippen LogP contribution in [0.1, 0.15) is 40.0 Å². The van der Waals surface area contributed by atoms with Gasteiger partial charge in [0.05, 0.1) is 5.60 Å². The summed E-state index contributed by atoms with van der Waals surface area (Å²) in [4.78, 5) is 0.232. The first-order valence-corrected chi connectivity index (χ1v) is 6.50. The van der Waals surface area contributed by atoms with Crippen molar-refractivity contribution in [1.82, 2.24) is 0 Å². The van der Waals surface area contributed by atoms with Crippen molar-refractivity contribution < 1.29 is 5.11 Å². The molecule has 3 heteroatoms. The fraction of sp³-hybridized carbons (Fsp3) is 1.00. The van der Waals surface area contributed by atoms with Crippen LogP contribution in [0.25, 0.3) is 0 Å². The molecule has 0 aliphatic heterocycles. The van der Waals surface area contributed by atoms with Crippen molar-refractivity contribution in [2.45, 2.75) is 54.8 Å². The molecule has 1 nitrogen and oxygen atoms in total. The second kappa shape index (κ2) is 3.82. The largest absolute Gasteiger partial charge is 0.389 e. The smallest absolute Gasteiger partial charge is 0.0744 e. The van der Waals surface area contributed by atoms with Gasteiger partial charge in [0, 0.05) is 9.15 Å². The zero-order valence-corrected chi connectivity index (χ0v) is 11.7. The van der Waals surface area contributed by atoms with Crippen LogP contribution < -0.4 is 0 Å². The molecule has 0 aromatic rings. The Morgan fingerprint density at radius 1 is 1.46 bits per heavy atom. The Hall–Kier alpha value is 0.920. The molecule has 0 saturated heterocycles. The summed E-state index contributed by atoms with van der Waals surface area (Å²) in [6.07, 6.45) is 3.04. The molecule has 1 fully saturated rings. The number of halogens is 2. The summed E-state index contributed by atoms with van der Waals surface area (Å²) in [6, 6.07) is 0. The molecule has 0 amide bonds. The van der Waals surface area contributed by atoms with Crippen LogP contribution in [0.2, 0.25) is 0 Å². The topological polar surface area (TPSA) is 20.2 Å². The average molecular weight is 314 g/mol. The molecular formula is C10H18Br2O. The minimum atomic E-state index is -0.519. The summed E-state index contributed by atoms with van der Waals surface area (Å²) < 4.78 is 0.190. The number of hydrogen-bond acceptors (Lipinski definition) is 1. The van der Waals surface area contributed by atoms with E-state index in [1.54, 1.807) is 0 Å². The van der Waals surface area contributed by atoms with Crippen molar-refractivity contribution in [3.05, 3.63) is 0 Å². The molecule has 0 bridgehead atoms. The number of hydrogen-bond donors (Lipinski definition) is 1. The van der Waals surface area contributed by atoms with Crippen molar-refractivity contribution >= 4 is 31.9 Å². The van der Waals surface area contributed by atoms with Crippen molar-refractivity contribution in [1.29, 1.82) is 0 Å². The molecule has 0 spiro atoms. The molecule has 0 aromatic heterocycles. The van der Waals surface area contributed by atoms with Gasteiger partial charge in [0.15, 0.2) is 0 Å². The van der Waals surface area contributed by atoms with Crippen LogP contribution in [-0.4, -0.2) is 19.9 Å². The van der Waals surface area contributed by atoms with E-state index in [1.165, 1.54) is 0 Å². The third-order valence-corrected chi connectivity index (χ3v) is 5.14. The van der Waals surface area contributed by atoms with Gasteiger partial charge in [-0.1, -0.05) is 31.9 Å². The van der Waals surface area contributed by atoms with E-state index < -0.39 is 5.60 Å². The molecule has 3 atom stereocenters. The van der Waals surface area contributed by atoms with E-state index in [1.807, 2.05) is 6.92 Å². The maximum absolute atomic E-state index is 9.96. The van der Waals surface area contributed by atoms with E-state index in [2.05, 4.69) is 45.7 Å². The number of rotatable bonds is 1. The lowest BCUT2D eigenvalue weighted by Crippen LogP contribution is -2.44. The van der Waals surface area contributed by atoms with Crippen LogP contribution in [0, 0.1) is 5.92 Å². The van der Waals surface area contributed by atoms with Crippen molar-refractivity contribution in [3.8, 4) is 0 Å². The first-order chi connectivity index (χ1) is 5.73. The molecule has 0 radical (unpaired) electrons. The Morgan fingerprint density at radius 3 is 2.38 bits per heavy atom.